The van der Waals surface area contributed by atoms with E-state index >= 15 is 0 Å². The van der Waals surface area contributed by atoms with Crippen molar-refractivity contribution in [2.24, 2.45) is 5.73 Å². The van der Waals surface area contributed by atoms with E-state index in [0.717, 1.165) is 5.56 Å². The SMILES string of the molecule is CCC(=O)c1ccc(C(=O)Nc2cccc(COc3cncc(C(N)=O)c3)c2)cc1. The fourth-order valence-corrected chi connectivity index (χ4v) is 2.75. The van der Waals surface area contributed by atoms with Crippen molar-refractivity contribution < 1.29 is 19.1 Å². The van der Waals surface area contributed by atoms with Crippen LogP contribution in [0.5, 0.6) is 5.75 Å². The number of nitrogens with zero attached hydrogens (tertiary/aromatic N) is 1. The van der Waals surface area contributed by atoms with Gasteiger partial charge in [0, 0.05) is 29.4 Å². The number of aromatic nitrogens is 1. The largest absolute Gasteiger partial charge is 0.487 e. The molecule has 7 heteroatoms. The summed E-state index contributed by atoms with van der Waals surface area (Å²) in [4.78, 5) is 39.3. The zero-order valence-electron chi connectivity index (χ0n) is 16.4. The first-order chi connectivity index (χ1) is 14.5. The fourth-order valence-electron chi connectivity index (χ4n) is 2.75. The summed E-state index contributed by atoms with van der Waals surface area (Å²) < 4.78 is 5.66. The monoisotopic (exact) mass is 403 g/mol. The van der Waals surface area contributed by atoms with Crippen molar-refractivity contribution in [3.63, 3.8) is 0 Å². The van der Waals surface area contributed by atoms with E-state index in [1.54, 1.807) is 49.4 Å². The quantitative estimate of drug-likeness (QED) is 0.558. The Labute approximate surface area is 173 Å². The molecule has 0 bridgehead atoms. The molecule has 7 nitrogen and oxygen atoms in total. The Hall–Kier alpha value is -4.00. The van der Waals surface area contributed by atoms with Crippen LogP contribution in [0.4, 0.5) is 5.69 Å². The lowest BCUT2D eigenvalue weighted by atomic mass is 10.1. The molecule has 0 radical (unpaired) electrons. The number of carbonyl (C=O) groups is 3. The van der Waals surface area contributed by atoms with Crippen molar-refractivity contribution in [3.8, 4) is 5.75 Å². The molecule has 0 spiro atoms. The molecule has 3 N–H and O–H groups in total. The summed E-state index contributed by atoms with van der Waals surface area (Å²) in [6.07, 6.45) is 3.28. The van der Waals surface area contributed by atoms with E-state index in [4.69, 9.17) is 10.5 Å². The molecule has 0 atom stereocenters. The van der Waals surface area contributed by atoms with Crippen LogP contribution in [0.3, 0.4) is 0 Å². The van der Waals surface area contributed by atoms with E-state index in [1.165, 1.54) is 18.5 Å². The normalized spacial score (nSPS) is 10.3. The Morgan fingerprint density at radius 1 is 0.967 bits per heavy atom. The highest BCUT2D eigenvalue weighted by atomic mass is 16.5. The highest BCUT2D eigenvalue weighted by Crippen LogP contribution is 2.17. The maximum Gasteiger partial charge on any atom is 0.255 e. The molecule has 0 saturated carbocycles. The Kier molecular flexibility index (Phi) is 6.54. The van der Waals surface area contributed by atoms with Gasteiger partial charge in [0.2, 0.25) is 5.91 Å². The van der Waals surface area contributed by atoms with Crippen LogP contribution in [0.25, 0.3) is 0 Å². The number of hydrogen-bond donors (Lipinski definition) is 2. The van der Waals surface area contributed by atoms with Crippen LogP contribution in [0, 0.1) is 0 Å². The molecule has 0 saturated heterocycles. The number of pyridine rings is 1. The molecule has 2 aromatic carbocycles. The molecule has 1 heterocycles. The fraction of sp³-hybridized carbons (Fsp3) is 0.130. The highest BCUT2D eigenvalue weighted by molar-refractivity contribution is 6.05. The van der Waals surface area contributed by atoms with Crippen LogP contribution in [0.1, 0.15) is 50.0 Å². The number of hydrogen-bond acceptors (Lipinski definition) is 5. The third kappa shape index (κ3) is 5.29. The molecule has 0 aliphatic carbocycles. The van der Waals surface area contributed by atoms with Gasteiger partial charge in [-0.05, 0) is 35.9 Å². The zero-order chi connectivity index (χ0) is 21.5. The number of amides is 2. The molecule has 0 aliphatic rings. The number of ether oxygens (including phenoxy) is 1. The summed E-state index contributed by atoms with van der Waals surface area (Å²) in [5.41, 5.74) is 7.98. The lowest BCUT2D eigenvalue weighted by Gasteiger charge is -2.10. The van der Waals surface area contributed by atoms with Gasteiger partial charge in [-0.3, -0.25) is 19.4 Å². The van der Waals surface area contributed by atoms with E-state index in [0.29, 0.717) is 29.0 Å². The molecular weight excluding hydrogens is 382 g/mol. The minimum atomic E-state index is -0.579. The average Bonchev–Trinajstić information content (AvgIpc) is 2.77. The third-order valence-corrected chi connectivity index (χ3v) is 4.38. The maximum absolute atomic E-state index is 12.5. The number of nitrogens with two attached hydrogens (primary N) is 1. The van der Waals surface area contributed by atoms with Gasteiger partial charge in [0.25, 0.3) is 5.91 Å². The summed E-state index contributed by atoms with van der Waals surface area (Å²) in [5.74, 6) is -0.402. The van der Waals surface area contributed by atoms with E-state index in [9.17, 15) is 14.4 Å². The van der Waals surface area contributed by atoms with Gasteiger partial charge in [-0.2, -0.15) is 0 Å². The second kappa shape index (κ2) is 9.47. The number of rotatable bonds is 8. The average molecular weight is 403 g/mol. The highest BCUT2D eigenvalue weighted by Gasteiger charge is 2.09. The number of primary amides is 1. The molecule has 0 aliphatic heterocycles. The number of carbonyl (C=O) groups excluding carboxylic acids is 3. The first kappa shape index (κ1) is 20.7. The van der Waals surface area contributed by atoms with Gasteiger partial charge in [0.15, 0.2) is 5.78 Å². The van der Waals surface area contributed by atoms with Crippen molar-refractivity contribution in [1.82, 2.24) is 4.98 Å². The summed E-state index contributed by atoms with van der Waals surface area (Å²) in [5, 5.41) is 2.83. The van der Waals surface area contributed by atoms with Crippen LogP contribution in [0.2, 0.25) is 0 Å². The van der Waals surface area contributed by atoms with Crippen molar-refractivity contribution in [2.45, 2.75) is 20.0 Å². The number of ketones is 1. The smallest absolute Gasteiger partial charge is 0.255 e. The summed E-state index contributed by atoms with van der Waals surface area (Å²) in [6.45, 7) is 2.02. The topological polar surface area (TPSA) is 111 Å². The van der Waals surface area contributed by atoms with Gasteiger partial charge in [-0.1, -0.05) is 31.2 Å². The predicted molar refractivity (Wildman–Crippen MR) is 113 cm³/mol. The molecule has 0 unspecified atom stereocenters. The molecule has 3 rings (SSSR count). The van der Waals surface area contributed by atoms with Gasteiger partial charge in [-0.25, -0.2) is 0 Å². The van der Waals surface area contributed by atoms with Crippen molar-refractivity contribution in [3.05, 3.63) is 89.2 Å². The minimum absolute atomic E-state index is 0.0335. The van der Waals surface area contributed by atoms with Crippen LogP contribution >= 0.6 is 0 Å². The second-order valence-corrected chi connectivity index (χ2v) is 6.57. The van der Waals surface area contributed by atoms with Gasteiger partial charge in [0.1, 0.15) is 12.4 Å². The molecule has 3 aromatic rings. The number of Topliss-reactive ketones (excluding diaryl/α,β-unsaturated/α-hetero) is 1. The third-order valence-electron chi connectivity index (χ3n) is 4.38. The number of anilines is 1. The van der Waals surface area contributed by atoms with Gasteiger partial charge in [0.05, 0.1) is 11.8 Å². The molecule has 2 amide bonds. The second-order valence-electron chi connectivity index (χ2n) is 6.57. The van der Waals surface area contributed by atoms with Crippen LogP contribution in [-0.2, 0) is 6.61 Å². The van der Waals surface area contributed by atoms with Crippen LogP contribution in [-0.4, -0.2) is 22.6 Å². The van der Waals surface area contributed by atoms with E-state index < -0.39 is 5.91 Å². The first-order valence-corrected chi connectivity index (χ1v) is 9.37. The van der Waals surface area contributed by atoms with E-state index in [2.05, 4.69) is 10.3 Å². The molecular formula is C23H21N3O4. The minimum Gasteiger partial charge on any atom is -0.487 e. The summed E-state index contributed by atoms with van der Waals surface area (Å²) in [6, 6.07) is 15.3. The number of benzene rings is 2. The number of nitrogens with one attached hydrogen (secondary N) is 1. The maximum atomic E-state index is 12.5. The van der Waals surface area contributed by atoms with Crippen molar-refractivity contribution in [1.29, 1.82) is 0 Å². The Morgan fingerprint density at radius 3 is 2.40 bits per heavy atom. The van der Waals surface area contributed by atoms with Crippen molar-refractivity contribution >= 4 is 23.3 Å². The Morgan fingerprint density at radius 2 is 1.70 bits per heavy atom. The zero-order valence-corrected chi connectivity index (χ0v) is 16.4. The van der Waals surface area contributed by atoms with Gasteiger partial charge < -0.3 is 15.8 Å². The van der Waals surface area contributed by atoms with E-state index in [1.807, 2.05) is 6.07 Å². The first-order valence-electron chi connectivity index (χ1n) is 9.37. The molecule has 30 heavy (non-hydrogen) atoms. The standard InChI is InChI=1S/C23H21N3O4/c1-2-21(27)16-6-8-17(9-7-16)23(29)26-19-5-3-4-15(10-19)14-30-20-11-18(22(24)28)12-25-13-20/h3-13H,2,14H2,1H3,(H2,24,28)(H,26,29). The lowest BCUT2D eigenvalue weighted by Crippen LogP contribution is -2.12. The lowest BCUT2D eigenvalue weighted by molar-refractivity contribution is 0.0982. The van der Waals surface area contributed by atoms with Crippen molar-refractivity contribution in [2.75, 3.05) is 5.32 Å². The summed E-state index contributed by atoms with van der Waals surface area (Å²) >= 11 is 0. The molecule has 152 valence electrons. The Balaban J connectivity index is 1.63. The molecule has 1 aromatic heterocycles. The van der Waals surface area contributed by atoms with E-state index in [-0.39, 0.29) is 23.9 Å². The summed E-state index contributed by atoms with van der Waals surface area (Å²) in [7, 11) is 0. The van der Waals surface area contributed by atoms with Gasteiger partial charge >= 0.3 is 0 Å². The predicted octanol–water partition coefficient (Wildman–Crippen LogP) is 3.60. The van der Waals surface area contributed by atoms with Gasteiger partial charge in [-0.15, -0.1) is 0 Å². The Bertz CT molecular complexity index is 1080. The van der Waals surface area contributed by atoms with Crippen LogP contribution in [0.15, 0.2) is 67.0 Å². The molecule has 0 fully saturated rings. The van der Waals surface area contributed by atoms with Crippen LogP contribution < -0.4 is 15.8 Å².